The fraction of sp³-hybridized carbons (Fsp3) is 0.100. The molecule has 0 aliphatic carbocycles. The van der Waals surface area contributed by atoms with Crippen molar-refractivity contribution in [2.45, 2.75) is 6.92 Å². The molecule has 0 fully saturated rings. The van der Waals surface area contributed by atoms with Gasteiger partial charge in [0.25, 0.3) is 0 Å². The van der Waals surface area contributed by atoms with E-state index in [9.17, 15) is 9.90 Å². The van der Waals surface area contributed by atoms with Crippen LogP contribution in [0, 0.1) is 0 Å². The number of ether oxygens (including phenoxy) is 1. The summed E-state index contributed by atoms with van der Waals surface area (Å²) in [6.45, 7) is 1.86. The van der Waals surface area contributed by atoms with E-state index in [0.717, 1.165) is 11.8 Å². The zero-order valence-corrected chi connectivity index (χ0v) is 17.7. The number of aliphatic hydroxyl groups is 1. The largest absolute Gasteiger partial charge is 0.506 e. The van der Waals surface area contributed by atoms with Crippen molar-refractivity contribution in [3.8, 4) is 0 Å². The van der Waals surface area contributed by atoms with Crippen molar-refractivity contribution in [3.63, 3.8) is 0 Å². The lowest BCUT2D eigenvalue weighted by atomic mass is 10.1. The Balaban J connectivity index is 2.07. The number of aliphatic hydroxyl groups excluding tert-OH is 1. The third kappa shape index (κ3) is 4.73. The van der Waals surface area contributed by atoms with Crippen molar-refractivity contribution in [3.05, 3.63) is 79.3 Å². The molecule has 0 atom stereocenters. The van der Waals surface area contributed by atoms with Gasteiger partial charge in [0.15, 0.2) is 0 Å². The van der Waals surface area contributed by atoms with Crippen molar-refractivity contribution in [2.75, 3.05) is 6.61 Å². The summed E-state index contributed by atoms with van der Waals surface area (Å²) >= 11 is 19.3. The van der Waals surface area contributed by atoms with Crippen molar-refractivity contribution in [2.24, 2.45) is 4.99 Å². The van der Waals surface area contributed by atoms with E-state index in [1.165, 1.54) is 0 Å². The average molecular weight is 455 g/mol. The standard InChI is InChI=1S/C20H14Cl3NO3S/c1-2-27-20(26)17-18(25)16(8-11-6-7-13(22)10-15(11)23)28-19(17)24-14-5-3-4-12(21)9-14/h3-10,25H,2H2,1H3. The van der Waals surface area contributed by atoms with Crippen LogP contribution < -0.4 is 0 Å². The lowest BCUT2D eigenvalue weighted by Crippen LogP contribution is -2.12. The second kappa shape index (κ2) is 9.05. The molecule has 4 nitrogen and oxygen atoms in total. The van der Waals surface area contributed by atoms with Crippen LogP contribution in [0.3, 0.4) is 0 Å². The van der Waals surface area contributed by atoms with Gasteiger partial charge in [-0.25, -0.2) is 9.79 Å². The van der Waals surface area contributed by atoms with Gasteiger partial charge in [0, 0.05) is 15.1 Å². The van der Waals surface area contributed by atoms with Crippen LogP contribution >= 0.6 is 46.6 Å². The number of benzene rings is 2. The molecule has 1 aliphatic heterocycles. The van der Waals surface area contributed by atoms with Gasteiger partial charge >= 0.3 is 5.97 Å². The van der Waals surface area contributed by atoms with Gasteiger partial charge in [0.1, 0.15) is 16.4 Å². The van der Waals surface area contributed by atoms with Gasteiger partial charge in [-0.2, -0.15) is 0 Å². The van der Waals surface area contributed by atoms with Gasteiger partial charge in [0.2, 0.25) is 0 Å². The van der Waals surface area contributed by atoms with Gasteiger partial charge in [-0.05, 0) is 48.9 Å². The molecule has 0 spiro atoms. The molecule has 8 heteroatoms. The minimum atomic E-state index is -0.654. The van der Waals surface area contributed by atoms with E-state index in [-0.39, 0.29) is 17.9 Å². The SMILES string of the molecule is CCOC(=O)C1=C(O)C(=Cc2ccc(Cl)cc2Cl)SC1=Nc1cccc(Cl)c1. The maximum Gasteiger partial charge on any atom is 0.344 e. The zero-order chi connectivity index (χ0) is 20.3. The Hall–Kier alpha value is -1.92. The molecule has 0 amide bonds. The minimum absolute atomic E-state index is 0.00293. The smallest absolute Gasteiger partial charge is 0.344 e. The van der Waals surface area contributed by atoms with Crippen LogP contribution in [0.25, 0.3) is 6.08 Å². The number of rotatable bonds is 4. The van der Waals surface area contributed by atoms with E-state index in [2.05, 4.69) is 4.99 Å². The van der Waals surface area contributed by atoms with Gasteiger partial charge in [-0.15, -0.1) is 0 Å². The summed E-state index contributed by atoms with van der Waals surface area (Å²) < 4.78 is 5.08. The maximum absolute atomic E-state index is 12.4. The number of hydrogen-bond donors (Lipinski definition) is 1. The first-order valence-corrected chi connectivity index (χ1v) is 10.1. The van der Waals surface area contributed by atoms with Crippen molar-refractivity contribution >= 4 is 69.3 Å². The number of carbonyl (C=O) groups is 1. The second-order valence-corrected chi connectivity index (χ2v) is 7.93. The van der Waals surface area contributed by atoms with Crippen molar-refractivity contribution < 1.29 is 14.6 Å². The molecular weight excluding hydrogens is 441 g/mol. The summed E-state index contributed by atoms with van der Waals surface area (Å²) in [4.78, 5) is 17.3. The topological polar surface area (TPSA) is 58.9 Å². The lowest BCUT2D eigenvalue weighted by Gasteiger charge is -2.04. The maximum atomic E-state index is 12.4. The summed E-state index contributed by atoms with van der Waals surface area (Å²) in [5.41, 5.74) is 1.20. The van der Waals surface area contributed by atoms with Gasteiger partial charge in [-0.1, -0.05) is 58.7 Å². The Morgan fingerprint density at radius 3 is 2.61 bits per heavy atom. The fourth-order valence-electron chi connectivity index (χ4n) is 2.41. The molecule has 2 aromatic carbocycles. The van der Waals surface area contributed by atoms with E-state index in [4.69, 9.17) is 39.5 Å². The number of hydrogen-bond acceptors (Lipinski definition) is 5. The predicted molar refractivity (Wildman–Crippen MR) is 117 cm³/mol. The van der Waals surface area contributed by atoms with Gasteiger partial charge in [0.05, 0.1) is 17.2 Å². The molecule has 0 saturated heterocycles. The van der Waals surface area contributed by atoms with Gasteiger partial charge < -0.3 is 9.84 Å². The number of halogens is 3. The average Bonchev–Trinajstić information content (AvgIpc) is 2.93. The molecule has 0 saturated carbocycles. The van der Waals surface area contributed by atoms with Crippen LogP contribution in [-0.4, -0.2) is 22.7 Å². The quantitative estimate of drug-likeness (QED) is 0.514. The molecule has 1 aliphatic rings. The van der Waals surface area contributed by atoms with E-state index < -0.39 is 5.97 Å². The molecule has 1 N–H and O–H groups in total. The Labute approximate surface area is 181 Å². The minimum Gasteiger partial charge on any atom is -0.506 e. The number of nitrogens with zero attached hydrogens (tertiary/aromatic N) is 1. The Bertz CT molecular complexity index is 1030. The third-order valence-electron chi connectivity index (χ3n) is 3.66. The number of carbonyl (C=O) groups excluding carboxylic acids is 1. The Morgan fingerprint density at radius 1 is 1.18 bits per heavy atom. The summed E-state index contributed by atoms with van der Waals surface area (Å²) in [5.74, 6) is -0.867. The Kier molecular flexibility index (Phi) is 6.73. The molecule has 2 aromatic rings. The first-order valence-electron chi connectivity index (χ1n) is 8.19. The molecule has 1 heterocycles. The normalized spacial score (nSPS) is 16.9. The zero-order valence-electron chi connectivity index (χ0n) is 14.6. The molecular formula is C20H14Cl3NO3S. The van der Waals surface area contributed by atoms with Crippen molar-refractivity contribution in [1.82, 2.24) is 0 Å². The highest BCUT2D eigenvalue weighted by Gasteiger charge is 2.33. The van der Waals surface area contributed by atoms with E-state index in [0.29, 0.717) is 36.3 Å². The molecule has 0 aromatic heterocycles. The molecule has 0 unspecified atom stereocenters. The molecule has 0 radical (unpaired) electrons. The summed E-state index contributed by atoms with van der Waals surface area (Å²) in [6, 6.07) is 11.9. The highest BCUT2D eigenvalue weighted by molar-refractivity contribution is 8.18. The first kappa shape index (κ1) is 20.8. The van der Waals surface area contributed by atoms with Crippen LogP contribution in [0.4, 0.5) is 5.69 Å². The van der Waals surface area contributed by atoms with Crippen molar-refractivity contribution in [1.29, 1.82) is 0 Å². The summed E-state index contributed by atoms with van der Waals surface area (Å²) in [6.07, 6.45) is 1.67. The van der Waals surface area contributed by atoms with Crippen LogP contribution in [0.2, 0.25) is 15.1 Å². The third-order valence-corrected chi connectivity index (χ3v) is 5.48. The molecule has 144 valence electrons. The highest BCUT2D eigenvalue weighted by Crippen LogP contribution is 2.41. The monoisotopic (exact) mass is 453 g/mol. The van der Waals surface area contributed by atoms with Crippen LogP contribution in [0.5, 0.6) is 0 Å². The molecule has 3 rings (SSSR count). The number of thioether (sulfide) groups is 1. The number of aliphatic imine (C=N–C) groups is 1. The Morgan fingerprint density at radius 2 is 1.93 bits per heavy atom. The van der Waals surface area contributed by atoms with Crippen LogP contribution in [0.1, 0.15) is 12.5 Å². The van der Waals surface area contributed by atoms with E-state index in [1.807, 2.05) is 0 Å². The second-order valence-electron chi connectivity index (χ2n) is 5.62. The summed E-state index contributed by atoms with van der Waals surface area (Å²) in [7, 11) is 0. The lowest BCUT2D eigenvalue weighted by molar-refractivity contribution is -0.138. The van der Waals surface area contributed by atoms with E-state index in [1.54, 1.807) is 55.5 Å². The van der Waals surface area contributed by atoms with Gasteiger partial charge in [-0.3, -0.25) is 0 Å². The molecule has 28 heavy (non-hydrogen) atoms. The first-order chi connectivity index (χ1) is 13.4. The highest BCUT2D eigenvalue weighted by atomic mass is 35.5. The number of esters is 1. The van der Waals surface area contributed by atoms with Crippen LogP contribution in [-0.2, 0) is 9.53 Å². The van der Waals surface area contributed by atoms with E-state index >= 15 is 0 Å². The molecule has 0 bridgehead atoms. The summed E-state index contributed by atoms with van der Waals surface area (Å²) in [5, 5.41) is 12.4. The van der Waals surface area contributed by atoms with Crippen LogP contribution in [0.15, 0.2) is 63.7 Å². The fourth-order valence-corrected chi connectivity index (χ4v) is 4.09. The predicted octanol–water partition coefficient (Wildman–Crippen LogP) is 6.84.